The van der Waals surface area contributed by atoms with E-state index in [1.807, 2.05) is 12.3 Å². The molecule has 0 N–H and O–H groups in total. The Morgan fingerprint density at radius 1 is 1.21 bits per heavy atom. The second kappa shape index (κ2) is 4.41. The van der Waals surface area contributed by atoms with Crippen LogP contribution < -0.4 is 0 Å². The molecule has 0 bridgehead atoms. The molecule has 1 heteroatoms. The third-order valence-corrected chi connectivity index (χ3v) is 1.53. The maximum absolute atomic E-state index is 4.20. The van der Waals surface area contributed by atoms with E-state index in [1.165, 1.54) is 11.3 Å². The van der Waals surface area contributed by atoms with Crippen molar-refractivity contribution in [3.05, 3.63) is 35.7 Å². The molecule has 1 aliphatic carbocycles. The van der Waals surface area contributed by atoms with E-state index in [2.05, 4.69) is 50.9 Å². The van der Waals surface area contributed by atoms with Crippen molar-refractivity contribution in [2.45, 2.75) is 34.1 Å². The monoisotopic (exact) mass is 189 g/mol. The Bertz CT molecular complexity index is 312. The highest BCUT2D eigenvalue weighted by atomic mass is 14.7. The van der Waals surface area contributed by atoms with Crippen LogP contribution in [0.15, 0.2) is 24.4 Å². The van der Waals surface area contributed by atoms with Gasteiger partial charge in [-0.15, -0.1) is 0 Å². The maximum Gasteiger partial charge on any atom is 0.0513 e. The van der Waals surface area contributed by atoms with Crippen molar-refractivity contribution in [3.63, 3.8) is 0 Å². The third kappa shape index (κ3) is 4.22. The van der Waals surface area contributed by atoms with Gasteiger partial charge in [0.25, 0.3) is 0 Å². The summed E-state index contributed by atoms with van der Waals surface area (Å²) < 4.78 is 0. The first kappa shape index (κ1) is 11.0. The molecule has 1 aromatic rings. The number of hydrogen-bond acceptors (Lipinski definition) is 1. The molecule has 1 aromatic heterocycles. The molecule has 0 saturated carbocycles. The summed E-state index contributed by atoms with van der Waals surface area (Å²) in [6.07, 6.45) is 7.10. The van der Waals surface area contributed by atoms with Gasteiger partial charge in [-0.25, -0.2) is 0 Å². The fourth-order valence-corrected chi connectivity index (χ4v) is 1.07. The fourth-order valence-electron chi connectivity index (χ4n) is 1.07. The lowest BCUT2D eigenvalue weighted by Crippen LogP contribution is -1.93. The van der Waals surface area contributed by atoms with Crippen LogP contribution in [0.4, 0.5) is 0 Å². The second-order valence-electron chi connectivity index (χ2n) is 5.15. The van der Waals surface area contributed by atoms with Crippen molar-refractivity contribution < 1.29 is 0 Å². The van der Waals surface area contributed by atoms with Gasteiger partial charge in [-0.05, 0) is 17.0 Å². The van der Waals surface area contributed by atoms with Gasteiger partial charge in [-0.2, -0.15) is 0 Å². The lowest BCUT2D eigenvalue weighted by Gasteiger charge is -2.05. The van der Waals surface area contributed by atoms with Crippen molar-refractivity contribution >= 4 is 6.08 Å². The molecule has 0 unspecified atom stereocenters. The standard InChI is InChI=1S/C8H7N.C5H12/c1-3-7-4-2-6-9-8(7)5-1;1-5(2,3)4/h1-4,6H,5H2;1-4H3. The first-order valence-electron chi connectivity index (χ1n) is 5.07. The van der Waals surface area contributed by atoms with Crippen molar-refractivity contribution in [1.82, 2.24) is 4.98 Å². The van der Waals surface area contributed by atoms with Crippen LogP contribution in [-0.2, 0) is 6.42 Å². The second-order valence-corrected chi connectivity index (χ2v) is 5.15. The van der Waals surface area contributed by atoms with Crippen molar-refractivity contribution in [2.75, 3.05) is 0 Å². The van der Waals surface area contributed by atoms with E-state index in [9.17, 15) is 0 Å². The SMILES string of the molecule is C1=Cc2cccnc2C1.CC(C)(C)C. The maximum atomic E-state index is 4.20. The van der Waals surface area contributed by atoms with Gasteiger partial charge in [0, 0.05) is 12.6 Å². The van der Waals surface area contributed by atoms with Gasteiger partial charge in [0.05, 0.1) is 5.69 Å². The number of pyridine rings is 1. The molecular formula is C13H19N. The molecular weight excluding hydrogens is 170 g/mol. The van der Waals surface area contributed by atoms with Crippen molar-refractivity contribution in [1.29, 1.82) is 0 Å². The van der Waals surface area contributed by atoms with Crippen LogP contribution >= 0.6 is 0 Å². The minimum absolute atomic E-state index is 0.500. The summed E-state index contributed by atoms with van der Waals surface area (Å²) in [6.45, 7) is 8.75. The zero-order valence-corrected chi connectivity index (χ0v) is 9.54. The van der Waals surface area contributed by atoms with Crippen molar-refractivity contribution in [3.8, 4) is 0 Å². The first-order chi connectivity index (χ1) is 6.47. The summed E-state index contributed by atoms with van der Waals surface area (Å²) >= 11 is 0. The average molecular weight is 189 g/mol. The molecule has 0 amide bonds. The number of rotatable bonds is 0. The molecule has 2 rings (SSSR count). The molecule has 1 aliphatic rings. The summed E-state index contributed by atoms with van der Waals surface area (Å²) in [5, 5.41) is 0. The van der Waals surface area contributed by atoms with Crippen LogP contribution in [0.25, 0.3) is 6.08 Å². The molecule has 0 aliphatic heterocycles. The number of aromatic nitrogens is 1. The summed E-state index contributed by atoms with van der Waals surface area (Å²) in [7, 11) is 0. The number of fused-ring (bicyclic) bond motifs is 1. The van der Waals surface area contributed by atoms with Crippen LogP contribution in [0.2, 0.25) is 0 Å². The highest BCUT2D eigenvalue weighted by molar-refractivity contribution is 5.57. The van der Waals surface area contributed by atoms with E-state index < -0.39 is 0 Å². The summed E-state index contributed by atoms with van der Waals surface area (Å²) in [5.41, 5.74) is 2.98. The van der Waals surface area contributed by atoms with Gasteiger partial charge in [-0.3, -0.25) is 4.98 Å². The lowest BCUT2D eigenvalue weighted by atomic mass is 10.0. The van der Waals surface area contributed by atoms with Crippen LogP contribution in [0.3, 0.4) is 0 Å². The molecule has 1 nitrogen and oxygen atoms in total. The highest BCUT2D eigenvalue weighted by Gasteiger charge is 2.02. The molecule has 0 fully saturated rings. The summed E-state index contributed by atoms with van der Waals surface area (Å²) in [5.74, 6) is 0. The van der Waals surface area contributed by atoms with Gasteiger partial charge >= 0.3 is 0 Å². The number of allylic oxidation sites excluding steroid dienone is 1. The summed E-state index contributed by atoms with van der Waals surface area (Å²) in [6, 6.07) is 4.06. The van der Waals surface area contributed by atoms with E-state index in [0.29, 0.717) is 5.41 Å². The molecule has 14 heavy (non-hydrogen) atoms. The minimum atomic E-state index is 0.500. The lowest BCUT2D eigenvalue weighted by molar-refractivity contribution is 0.469. The quantitative estimate of drug-likeness (QED) is 0.606. The first-order valence-corrected chi connectivity index (χ1v) is 5.07. The molecule has 0 atom stereocenters. The molecule has 0 saturated heterocycles. The Labute approximate surface area is 86.9 Å². The predicted molar refractivity (Wildman–Crippen MR) is 62.1 cm³/mol. The Kier molecular flexibility index (Phi) is 3.45. The summed E-state index contributed by atoms with van der Waals surface area (Å²) in [4.78, 5) is 4.20. The van der Waals surface area contributed by atoms with Gasteiger partial charge in [0.2, 0.25) is 0 Å². The van der Waals surface area contributed by atoms with Crippen LogP contribution in [0.1, 0.15) is 39.0 Å². The fraction of sp³-hybridized carbons (Fsp3) is 0.462. The van der Waals surface area contributed by atoms with Gasteiger partial charge < -0.3 is 0 Å². The smallest absolute Gasteiger partial charge is 0.0513 e. The van der Waals surface area contributed by atoms with Gasteiger partial charge in [0.1, 0.15) is 0 Å². The largest absolute Gasteiger partial charge is 0.260 e. The molecule has 0 radical (unpaired) electrons. The molecule has 0 spiro atoms. The van der Waals surface area contributed by atoms with Gasteiger partial charge in [0.15, 0.2) is 0 Å². The van der Waals surface area contributed by atoms with Crippen LogP contribution in [0.5, 0.6) is 0 Å². The Morgan fingerprint density at radius 2 is 1.86 bits per heavy atom. The van der Waals surface area contributed by atoms with E-state index in [-0.39, 0.29) is 0 Å². The average Bonchev–Trinajstić information content (AvgIpc) is 2.47. The minimum Gasteiger partial charge on any atom is -0.260 e. The van der Waals surface area contributed by atoms with E-state index >= 15 is 0 Å². The zero-order valence-electron chi connectivity index (χ0n) is 9.54. The third-order valence-electron chi connectivity index (χ3n) is 1.53. The Balaban J connectivity index is 0.000000171. The van der Waals surface area contributed by atoms with E-state index in [0.717, 1.165) is 6.42 Å². The van der Waals surface area contributed by atoms with Crippen molar-refractivity contribution in [2.24, 2.45) is 5.41 Å². The molecule has 0 aromatic carbocycles. The number of hydrogen-bond donors (Lipinski definition) is 0. The van der Waals surface area contributed by atoms with Crippen LogP contribution in [-0.4, -0.2) is 4.98 Å². The topological polar surface area (TPSA) is 12.9 Å². The highest BCUT2D eigenvalue weighted by Crippen LogP contribution is 2.14. The predicted octanol–water partition coefficient (Wildman–Crippen LogP) is 3.70. The van der Waals surface area contributed by atoms with Crippen LogP contribution in [0, 0.1) is 5.41 Å². The van der Waals surface area contributed by atoms with E-state index in [1.54, 1.807) is 0 Å². The number of nitrogens with zero attached hydrogens (tertiary/aromatic N) is 1. The Hall–Kier alpha value is -1.11. The zero-order chi connectivity index (χ0) is 10.6. The van der Waals surface area contributed by atoms with E-state index in [4.69, 9.17) is 0 Å². The molecule has 76 valence electrons. The molecule has 1 heterocycles. The Morgan fingerprint density at radius 3 is 2.43 bits per heavy atom. The normalized spacial score (nSPS) is 13.1. The van der Waals surface area contributed by atoms with Gasteiger partial charge in [-0.1, -0.05) is 45.9 Å².